The van der Waals surface area contributed by atoms with Gasteiger partial charge in [-0.3, -0.25) is 4.79 Å². The number of imidazole rings is 1. The van der Waals surface area contributed by atoms with Gasteiger partial charge in [0.2, 0.25) is 5.91 Å². The fraction of sp³-hybridized carbons (Fsp3) is 0.238. The maximum Gasteiger partial charge on any atom is 0.220 e. The summed E-state index contributed by atoms with van der Waals surface area (Å²) in [4.78, 5) is 16.8. The van der Waals surface area contributed by atoms with Crippen molar-refractivity contribution in [2.24, 2.45) is 7.05 Å². The number of carbonyl (C=O) groups is 1. The van der Waals surface area contributed by atoms with Crippen LogP contribution in [0.15, 0.2) is 67.0 Å². The molecule has 0 aliphatic heterocycles. The standard InChI is InChI=1S/C21H22ClN3O/c1-25-14-13-23-20(25)11-12-24-21(26)15-18(16-7-3-2-4-8-16)17-9-5-6-10-19(17)22/h2-10,13-14,18H,11-12,15H2,1H3,(H,24,26). The highest BCUT2D eigenvalue weighted by Crippen LogP contribution is 2.32. The lowest BCUT2D eigenvalue weighted by atomic mass is 9.88. The minimum absolute atomic E-state index is 0.00739. The SMILES string of the molecule is Cn1ccnc1CCNC(=O)CC(c1ccccc1)c1ccccc1Cl. The number of nitrogens with one attached hydrogen (secondary N) is 1. The van der Waals surface area contributed by atoms with Gasteiger partial charge in [0.25, 0.3) is 0 Å². The Morgan fingerprint density at radius 2 is 1.88 bits per heavy atom. The largest absolute Gasteiger partial charge is 0.356 e. The van der Waals surface area contributed by atoms with Crippen molar-refractivity contribution in [3.63, 3.8) is 0 Å². The van der Waals surface area contributed by atoms with Crippen molar-refractivity contribution < 1.29 is 4.79 Å². The Labute approximate surface area is 158 Å². The lowest BCUT2D eigenvalue weighted by Crippen LogP contribution is -2.28. The molecule has 1 unspecified atom stereocenters. The Kier molecular flexibility index (Phi) is 6.08. The molecule has 26 heavy (non-hydrogen) atoms. The van der Waals surface area contributed by atoms with E-state index in [0.29, 0.717) is 24.4 Å². The van der Waals surface area contributed by atoms with Crippen molar-refractivity contribution in [1.82, 2.24) is 14.9 Å². The van der Waals surface area contributed by atoms with E-state index in [4.69, 9.17) is 11.6 Å². The van der Waals surface area contributed by atoms with E-state index in [1.165, 1.54) is 0 Å². The molecule has 3 rings (SSSR count). The number of hydrogen-bond acceptors (Lipinski definition) is 2. The number of aryl methyl sites for hydroxylation is 1. The second-order valence-electron chi connectivity index (χ2n) is 6.24. The first kappa shape index (κ1) is 18.2. The van der Waals surface area contributed by atoms with Gasteiger partial charge in [-0.15, -0.1) is 0 Å². The molecule has 1 aromatic heterocycles. The topological polar surface area (TPSA) is 46.9 Å². The van der Waals surface area contributed by atoms with Crippen LogP contribution in [0.3, 0.4) is 0 Å². The monoisotopic (exact) mass is 367 g/mol. The van der Waals surface area contributed by atoms with E-state index < -0.39 is 0 Å². The molecule has 0 saturated carbocycles. The Morgan fingerprint density at radius 3 is 2.58 bits per heavy atom. The molecule has 0 bridgehead atoms. The number of benzene rings is 2. The summed E-state index contributed by atoms with van der Waals surface area (Å²) >= 11 is 6.40. The highest BCUT2D eigenvalue weighted by Gasteiger charge is 2.20. The van der Waals surface area contributed by atoms with Crippen molar-refractivity contribution in [3.05, 3.63) is 89.0 Å². The number of nitrogens with zero attached hydrogens (tertiary/aromatic N) is 2. The first-order chi connectivity index (χ1) is 12.6. The van der Waals surface area contributed by atoms with Gasteiger partial charge in [0.1, 0.15) is 5.82 Å². The van der Waals surface area contributed by atoms with Crippen LogP contribution >= 0.6 is 11.6 Å². The summed E-state index contributed by atoms with van der Waals surface area (Å²) in [5.41, 5.74) is 2.06. The molecule has 5 heteroatoms. The van der Waals surface area contributed by atoms with Gasteiger partial charge in [0.05, 0.1) is 0 Å². The minimum atomic E-state index is -0.0712. The highest BCUT2D eigenvalue weighted by atomic mass is 35.5. The number of rotatable bonds is 7. The van der Waals surface area contributed by atoms with Gasteiger partial charge in [-0.1, -0.05) is 60.1 Å². The van der Waals surface area contributed by atoms with Crippen LogP contribution in [-0.4, -0.2) is 22.0 Å². The van der Waals surface area contributed by atoms with Crippen LogP contribution in [0.2, 0.25) is 5.02 Å². The second-order valence-corrected chi connectivity index (χ2v) is 6.65. The molecule has 134 valence electrons. The molecule has 1 atom stereocenters. The first-order valence-corrected chi connectivity index (χ1v) is 9.05. The van der Waals surface area contributed by atoms with E-state index in [1.54, 1.807) is 6.20 Å². The zero-order valence-electron chi connectivity index (χ0n) is 14.7. The molecule has 0 radical (unpaired) electrons. The predicted octanol–water partition coefficient (Wildman–Crippen LogP) is 3.95. The third kappa shape index (κ3) is 4.52. The molecule has 1 N–H and O–H groups in total. The number of aromatic nitrogens is 2. The molecule has 0 aliphatic carbocycles. The number of halogens is 1. The van der Waals surface area contributed by atoms with Crippen LogP contribution in [0, 0.1) is 0 Å². The van der Waals surface area contributed by atoms with Gasteiger partial charge in [-0.2, -0.15) is 0 Å². The Morgan fingerprint density at radius 1 is 1.15 bits per heavy atom. The van der Waals surface area contributed by atoms with Gasteiger partial charge >= 0.3 is 0 Å². The predicted molar refractivity (Wildman–Crippen MR) is 104 cm³/mol. The summed E-state index contributed by atoms with van der Waals surface area (Å²) < 4.78 is 1.96. The van der Waals surface area contributed by atoms with E-state index in [1.807, 2.05) is 72.4 Å². The van der Waals surface area contributed by atoms with Crippen molar-refractivity contribution in [2.75, 3.05) is 6.54 Å². The quantitative estimate of drug-likeness (QED) is 0.687. The van der Waals surface area contributed by atoms with Gasteiger partial charge in [-0.25, -0.2) is 4.98 Å². The average molecular weight is 368 g/mol. The fourth-order valence-corrected chi connectivity index (χ4v) is 3.33. The zero-order valence-corrected chi connectivity index (χ0v) is 15.5. The smallest absolute Gasteiger partial charge is 0.220 e. The average Bonchev–Trinajstić information content (AvgIpc) is 3.06. The lowest BCUT2D eigenvalue weighted by molar-refractivity contribution is -0.121. The Hall–Kier alpha value is -2.59. The molecule has 0 aliphatic rings. The van der Waals surface area contributed by atoms with E-state index >= 15 is 0 Å². The van der Waals surface area contributed by atoms with Crippen LogP contribution in [0.1, 0.15) is 29.3 Å². The molecular formula is C21H22ClN3O. The van der Waals surface area contributed by atoms with Crippen LogP contribution in [0.4, 0.5) is 0 Å². The maximum absolute atomic E-state index is 12.5. The second kappa shape index (κ2) is 8.68. The third-order valence-corrected chi connectivity index (χ3v) is 4.81. The molecule has 0 fully saturated rings. The lowest BCUT2D eigenvalue weighted by Gasteiger charge is -2.19. The summed E-state index contributed by atoms with van der Waals surface area (Å²) in [7, 11) is 1.95. The van der Waals surface area contributed by atoms with Crippen LogP contribution < -0.4 is 5.32 Å². The fourth-order valence-electron chi connectivity index (χ4n) is 3.06. The summed E-state index contributed by atoms with van der Waals surface area (Å²) in [6, 6.07) is 17.7. The van der Waals surface area contributed by atoms with E-state index in [9.17, 15) is 4.79 Å². The molecule has 0 spiro atoms. The molecule has 1 amide bonds. The van der Waals surface area contributed by atoms with Crippen LogP contribution in [0.5, 0.6) is 0 Å². The summed E-state index contributed by atoms with van der Waals surface area (Å²) in [6.07, 6.45) is 4.73. The van der Waals surface area contributed by atoms with Crippen LogP contribution in [0.25, 0.3) is 0 Å². The summed E-state index contributed by atoms with van der Waals surface area (Å²) in [5, 5.41) is 3.68. The molecule has 1 heterocycles. The van der Waals surface area contributed by atoms with Gasteiger partial charge in [0.15, 0.2) is 0 Å². The zero-order chi connectivity index (χ0) is 18.4. The normalized spacial score (nSPS) is 11.9. The van der Waals surface area contributed by atoms with Crippen LogP contribution in [-0.2, 0) is 18.3 Å². The number of amides is 1. The molecule has 3 aromatic rings. The Bertz CT molecular complexity index is 860. The maximum atomic E-state index is 12.5. The highest BCUT2D eigenvalue weighted by molar-refractivity contribution is 6.31. The summed E-state index contributed by atoms with van der Waals surface area (Å²) in [6.45, 7) is 0.563. The van der Waals surface area contributed by atoms with E-state index in [-0.39, 0.29) is 11.8 Å². The molecule has 2 aromatic carbocycles. The minimum Gasteiger partial charge on any atom is -0.356 e. The van der Waals surface area contributed by atoms with E-state index in [0.717, 1.165) is 17.0 Å². The van der Waals surface area contributed by atoms with Gasteiger partial charge in [-0.05, 0) is 17.2 Å². The molecular weight excluding hydrogens is 346 g/mol. The first-order valence-electron chi connectivity index (χ1n) is 8.67. The number of carbonyl (C=O) groups excluding carboxylic acids is 1. The van der Waals surface area contributed by atoms with E-state index in [2.05, 4.69) is 10.3 Å². The number of hydrogen-bond donors (Lipinski definition) is 1. The van der Waals surface area contributed by atoms with Crippen molar-refractivity contribution >= 4 is 17.5 Å². The third-order valence-electron chi connectivity index (χ3n) is 4.46. The molecule has 0 saturated heterocycles. The van der Waals surface area contributed by atoms with Gasteiger partial charge < -0.3 is 9.88 Å². The Balaban J connectivity index is 1.69. The van der Waals surface area contributed by atoms with Crippen molar-refractivity contribution in [2.45, 2.75) is 18.8 Å². The molecule has 4 nitrogen and oxygen atoms in total. The van der Waals surface area contributed by atoms with Gasteiger partial charge in [0, 0.05) is 49.8 Å². The van der Waals surface area contributed by atoms with Crippen molar-refractivity contribution in [3.8, 4) is 0 Å². The van der Waals surface area contributed by atoms with Crippen molar-refractivity contribution in [1.29, 1.82) is 0 Å². The summed E-state index contributed by atoms with van der Waals surface area (Å²) in [5.74, 6) is 0.891.